The van der Waals surface area contributed by atoms with Crippen LogP contribution in [0.5, 0.6) is 0 Å². The molecule has 0 fully saturated rings. The molecule has 1 atom stereocenters. The smallest absolute Gasteiger partial charge is 0.379 e. The zero-order valence-electron chi connectivity index (χ0n) is 9.53. The third-order valence-corrected chi connectivity index (χ3v) is 2.64. The Morgan fingerprint density at radius 1 is 1.56 bits per heavy atom. The number of rotatable bonds is 4. The van der Waals surface area contributed by atoms with Crippen LogP contribution in [-0.4, -0.2) is 18.5 Å². The Kier molecular flexibility index (Phi) is 6.73. The quantitative estimate of drug-likeness (QED) is 0.854. The van der Waals surface area contributed by atoms with E-state index in [-0.39, 0.29) is 24.6 Å². The first-order valence-electron chi connectivity index (χ1n) is 4.95. The third-order valence-electron chi connectivity index (χ3n) is 2.15. The third kappa shape index (κ3) is 3.90. The van der Waals surface area contributed by atoms with Crippen molar-refractivity contribution in [3.63, 3.8) is 0 Å². The molecule has 1 aromatic rings. The second-order valence-corrected chi connectivity index (χ2v) is 4.29. The van der Waals surface area contributed by atoms with Gasteiger partial charge in [0.25, 0.3) is 0 Å². The number of hydrogen-bond donors (Lipinski definition) is 1. The van der Waals surface area contributed by atoms with E-state index in [0.29, 0.717) is 4.47 Å². The largest absolute Gasteiger partial charge is 0.462 e. The minimum Gasteiger partial charge on any atom is -0.462 e. The summed E-state index contributed by atoms with van der Waals surface area (Å²) in [6, 6.07) is 4.40. The molecule has 0 spiro atoms. The normalized spacial score (nSPS) is 12.5. The van der Waals surface area contributed by atoms with E-state index in [4.69, 9.17) is 5.73 Å². The summed E-state index contributed by atoms with van der Waals surface area (Å²) < 4.78 is 32.1. The van der Waals surface area contributed by atoms with Crippen LogP contribution < -0.4 is 5.73 Å². The van der Waals surface area contributed by atoms with Crippen LogP contribution in [0.25, 0.3) is 0 Å². The van der Waals surface area contributed by atoms with Gasteiger partial charge in [-0.2, -0.15) is 8.78 Å². The van der Waals surface area contributed by atoms with Crippen LogP contribution >= 0.6 is 28.3 Å². The zero-order chi connectivity index (χ0) is 13.1. The van der Waals surface area contributed by atoms with Crippen LogP contribution in [0.3, 0.4) is 0 Å². The Hall–Kier alpha value is -0.720. The van der Waals surface area contributed by atoms with E-state index in [1.54, 1.807) is 12.1 Å². The van der Waals surface area contributed by atoms with Crippen LogP contribution in [0.4, 0.5) is 8.78 Å². The van der Waals surface area contributed by atoms with Crippen LogP contribution in [-0.2, 0) is 9.53 Å². The van der Waals surface area contributed by atoms with Gasteiger partial charge >= 0.3 is 11.9 Å². The first-order valence-corrected chi connectivity index (χ1v) is 5.75. The van der Waals surface area contributed by atoms with Crippen molar-refractivity contribution in [3.05, 3.63) is 34.3 Å². The van der Waals surface area contributed by atoms with Crippen LogP contribution in [0, 0.1) is 0 Å². The summed E-state index contributed by atoms with van der Waals surface area (Å²) in [6.45, 7) is 1.35. The van der Waals surface area contributed by atoms with Gasteiger partial charge in [-0.1, -0.05) is 28.1 Å². The Labute approximate surface area is 118 Å². The highest BCUT2D eigenvalue weighted by molar-refractivity contribution is 9.10. The number of hydrogen-bond acceptors (Lipinski definition) is 3. The molecule has 0 unspecified atom stereocenters. The average Bonchev–Trinajstić information content (AvgIpc) is 2.28. The lowest BCUT2D eigenvalue weighted by Crippen LogP contribution is -2.41. The summed E-state index contributed by atoms with van der Waals surface area (Å²) in [5.41, 5.74) is 5.57. The van der Waals surface area contributed by atoms with Crippen molar-refractivity contribution in [2.45, 2.75) is 18.9 Å². The van der Waals surface area contributed by atoms with E-state index in [2.05, 4.69) is 20.7 Å². The molecule has 0 heterocycles. The average molecular weight is 345 g/mol. The summed E-state index contributed by atoms with van der Waals surface area (Å²) in [5, 5.41) is 0. The van der Waals surface area contributed by atoms with Crippen molar-refractivity contribution < 1.29 is 18.3 Å². The second kappa shape index (κ2) is 7.01. The summed E-state index contributed by atoms with van der Waals surface area (Å²) in [7, 11) is 0. The topological polar surface area (TPSA) is 52.3 Å². The monoisotopic (exact) mass is 343 g/mol. The molecule has 0 saturated heterocycles. The minimum absolute atomic E-state index is 0. The van der Waals surface area contributed by atoms with Crippen LogP contribution in [0.2, 0.25) is 0 Å². The van der Waals surface area contributed by atoms with Crippen molar-refractivity contribution in [2.24, 2.45) is 5.73 Å². The SMILES string of the molecule is CCOC(=O)C(F)(F)[C@@H](N)c1cccc(Br)c1.Cl. The highest BCUT2D eigenvalue weighted by Crippen LogP contribution is 2.31. The van der Waals surface area contributed by atoms with E-state index >= 15 is 0 Å². The summed E-state index contributed by atoms with van der Waals surface area (Å²) in [5.74, 6) is -5.34. The Balaban J connectivity index is 0.00000289. The summed E-state index contributed by atoms with van der Waals surface area (Å²) in [6.07, 6.45) is 0. The number of halogens is 4. The van der Waals surface area contributed by atoms with Gasteiger partial charge in [-0.05, 0) is 24.6 Å². The van der Waals surface area contributed by atoms with Crippen molar-refractivity contribution in [1.82, 2.24) is 0 Å². The molecule has 0 aromatic heterocycles. The number of carbonyl (C=O) groups excluding carboxylic acids is 1. The molecule has 102 valence electrons. The van der Waals surface area contributed by atoms with Gasteiger partial charge in [-0.25, -0.2) is 4.79 Å². The van der Waals surface area contributed by atoms with E-state index in [1.165, 1.54) is 19.1 Å². The predicted octanol–water partition coefficient (Wildman–Crippen LogP) is 3.07. The lowest BCUT2D eigenvalue weighted by molar-refractivity contribution is -0.174. The number of nitrogens with two attached hydrogens (primary N) is 1. The molecule has 0 aliphatic heterocycles. The number of alkyl halides is 2. The maximum absolute atomic E-state index is 13.6. The van der Waals surface area contributed by atoms with Gasteiger partial charge in [0.1, 0.15) is 6.04 Å². The van der Waals surface area contributed by atoms with Gasteiger partial charge in [0.15, 0.2) is 0 Å². The molecule has 0 aliphatic rings. The van der Waals surface area contributed by atoms with Gasteiger partial charge in [-0.3, -0.25) is 0 Å². The van der Waals surface area contributed by atoms with Gasteiger partial charge in [0, 0.05) is 4.47 Å². The second-order valence-electron chi connectivity index (χ2n) is 3.38. The molecule has 2 N–H and O–H groups in total. The van der Waals surface area contributed by atoms with Crippen LogP contribution in [0.15, 0.2) is 28.7 Å². The number of ether oxygens (including phenoxy) is 1. The molecule has 3 nitrogen and oxygen atoms in total. The molecule has 0 amide bonds. The zero-order valence-corrected chi connectivity index (χ0v) is 11.9. The highest BCUT2D eigenvalue weighted by Gasteiger charge is 2.47. The number of esters is 1. The Morgan fingerprint density at radius 3 is 2.67 bits per heavy atom. The van der Waals surface area contributed by atoms with Gasteiger partial charge < -0.3 is 10.5 Å². The molecule has 0 aliphatic carbocycles. The van der Waals surface area contributed by atoms with E-state index in [1.807, 2.05) is 0 Å². The number of carbonyl (C=O) groups is 1. The first-order chi connectivity index (χ1) is 7.89. The maximum atomic E-state index is 13.6. The van der Waals surface area contributed by atoms with E-state index < -0.39 is 17.9 Å². The Morgan fingerprint density at radius 2 is 2.17 bits per heavy atom. The van der Waals surface area contributed by atoms with E-state index in [0.717, 1.165) is 0 Å². The van der Waals surface area contributed by atoms with Crippen molar-refractivity contribution in [2.75, 3.05) is 6.61 Å². The maximum Gasteiger partial charge on any atom is 0.379 e. The minimum atomic E-state index is -3.74. The van der Waals surface area contributed by atoms with Gasteiger partial charge in [0.05, 0.1) is 6.61 Å². The summed E-state index contributed by atoms with van der Waals surface area (Å²) >= 11 is 3.15. The molecule has 7 heteroatoms. The van der Waals surface area contributed by atoms with Crippen molar-refractivity contribution in [1.29, 1.82) is 0 Å². The standard InChI is InChI=1S/C11H12BrF2NO2.ClH/c1-2-17-10(16)11(13,14)9(15)7-4-3-5-8(12)6-7;/h3-6,9H,2,15H2,1H3;1H/t9-;/m0./s1. The molecule has 18 heavy (non-hydrogen) atoms. The van der Waals surface area contributed by atoms with Crippen molar-refractivity contribution >= 4 is 34.3 Å². The fourth-order valence-electron chi connectivity index (χ4n) is 1.26. The molecule has 0 bridgehead atoms. The molecular formula is C11H13BrClF2NO2. The van der Waals surface area contributed by atoms with E-state index in [9.17, 15) is 13.6 Å². The van der Waals surface area contributed by atoms with Crippen LogP contribution in [0.1, 0.15) is 18.5 Å². The predicted molar refractivity (Wildman–Crippen MR) is 69.9 cm³/mol. The highest BCUT2D eigenvalue weighted by atomic mass is 79.9. The molecule has 1 rings (SSSR count). The van der Waals surface area contributed by atoms with Crippen molar-refractivity contribution in [3.8, 4) is 0 Å². The lowest BCUT2D eigenvalue weighted by atomic mass is 10.0. The fourth-order valence-corrected chi connectivity index (χ4v) is 1.68. The lowest BCUT2D eigenvalue weighted by Gasteiger charge is -2.21. The Bertz CT molecular complexity index is 418. The van der Waals surface area contributed by atoms with Gasteiger partial charge in [0.2, 0.25) is 0 Å². The molecule has 1 aromatic carbocycles. The molecule has 0 radical (unpaired) electrons. The first kappa shape index (κ1) is 17.3. The van der Waals surface area contributed by atoms with Gasteiger partial charge in [-0.15, -0.1) is 12.4 Å². The summed E-state index contributed by atoms with van der Waals surface area (Å²) in [4.78, 5) is 11.1. The molecule has 0 saturated carbocycles. The molecular weight excluding hydrogens is 331 g/mol. The number of benzene rings is 1. The fraction of sp³-hybridized carbons (Fsp3) is 0.364.